The van der Waals surface area contributed by atoms with Crippen LogP contribution in [0, 0.1) is 0 Å². The fourth-order valence-electron chi connectivity index (χ4n) is 11.0. The van der Waals surface area contributed by atoms with Gasteiger partial charge in [-0.2, -0.15) is 46.7 Å². The van der Waals surface area contributed by atoms with Crippen molar-refractivity contribution in [2.24, 2.45) is 0 Å². The number of aliphatic carboxylic acids is 1. The number of carboxylic acids is 1. The number of hydrogen-bond donors (Lipinski definition) is 6. The van der Waals surface area contributed by atoms with Crippen LogP contribution < -0.4 is 4.90 Å². The van der Waals surface area contributed by atoms with Gasteiger partial charge >= 0.3 is 5.97 Å². The van der Waals surface area contributed by atoms with Gasteiger partial charge in [-0.15, -0.1) is 0 Å². The van der Waals surface area contributed by atoms with Crippen molar-refractivity contribution < 1.29 is 116 Å². The maximum absolute atomic E-state index is 12.9. The van der Waals surface area contributed by atoms with Crippen LogP contribution in [0.15, 0.2) is 104 Å². The normalized spacial score (nSPS) is 18.4. The lowest BCUT2D eigenvalue weighted by molar-refractivity contribution is -0.437. The van der Waals surface area contributed by atoms with Gasteiger partial charge in [-0.1, -0.05) is 30.7 Å². The molecule has 0 radical (unpaired) electrons. The third-order valence-electron chi connectivity index (χ3n) is 14.8. The predicted octanol–water partition coefficient (Wildman–Crippen LogP) is 5.46. The Hall–Kier alpha value is -5.18. The van der Waals surface area contributed by atoms with Crippen LogP contribution in [0.1, 0.15) is 76.3 Å². The summed E-state index contributed by atoms with van der Waals surface area (Å²) in [6.07, 6.45) is 8.22. The molecule has 33 heteroatoms. The second-order valence-electron chi connectivity index (χ2n) is 20.9. The Morgan fingerprint density at radius 3 is 1.64 bits per heavy atom. The summed E-state index contributed by atoms with van der Waals surface area (Å²) < 4.78 is 243. The average molecular weight is 1340 g/mol. The first-order chi connectivity index (χ1) is 40.5. The zero-order valence-electron chi connectivity index (χ0n) is 47.6. The van der Waals surface area contributed by atoms with Crippen molar-refractivity contribution in [3.8, 4) is 0 Å². The molecule has 4 aromatic rings. The molecule has 2 unspecified atom stereocenters. The largest absolute Gasteiger partial charge is 0.744 e. The van der Waals surface area contributed by atoms with E-state index in [1.54, 1.807) is 49.8 Å². The number of hydrogen-bond acceptors (Lipinski definition) is 20. The highest BCUT2D eigenvalue weighted by Crippen LogP contribution is 2.54. The Bertz CT molecular complexity index is 4050. The molecule has 87 heavy (non-hydrogen) atoms. The monoisotopic (exact) mass is 1340 g/mol. The van der Waals surface area contributed by atoms with Crippen molar-refractivity contribution in [1.82, 2.24) is 0 Å². The number of fused-ring (bicyclic) bond motifs is 6. The number of ether oxygens (including phenoxy) is 5. The second-order valence-corrected chi connectivity index (χ2v) is 29.6. The molecule has 2 atom stereocenters. The van der Waals surface area contributed by atoms with E-state index in [2.05, 4.69) is 0 Å². The van der Waals surface area contributed by atoms with Gasteiger partial charge in [0.25, 0.3) is 50.6 Å². The summed E-state index contributed by atoms with van der Waals surface area (Å²) in [5.41, 5.74) is -0.907. The van der Waals surface area contributed by atoms with Crippen molar-refractivity contribution in [3.63, 3.8) is 0 Å². The SMILES string of the molecule is COCCOCCOCCOCCOCCC1(C)\C(=C/C=C/C=C/C2=[N+](CCCS(=O)(=O)O)c3ccc4c(S(=O)(=O)O)cc(S(=O)(=O)O)cc4c3C2(C)CCCS(=O)(=O)O)N(CCCCCC(=O)O)c2ccc3c(S(=O)(=O)[O-])cc(S(=O)(=O)O)cc3c21. The summed E-state index contributed by atoms with van der Waals surface area (Å²) >= 11 is 0. The van der Waals surface area contributed by atoms with Crippen molar-refractivity contribution in [1.29, 1.82) is 0 Å². The Labute approximate surface area is 505 Å². The third-order valence-corrected chi connectivity index (χ3v) is 19.8. The van der Waals surface area contributed by atoms with E-state index < -0.39 is 109 Å². The van der Waals surface area contributed by atoms with E-state index in [4.69, 9.17) is 23.7 Å². The summed E-state index contributed by atoms with van der Waals surface area (Å²) in [6.45, 7) is 5.63. The molecular weight excluding hydrogens is 1270 g/mol. The van der Waals surface area contributed by atoms with Crippen molar-refractivity contribution in [2.45, 2.75) is 95.6 Å². The van der Waals surface area contributed by atoms with Crippen LogP contribution in [-0.4, -0.2) is 190 Å². The Kier molecular flexibility index (Phi) is 23.8. The predicted molar refractivity (Wildman–Crippen MR) is 316 cm³/mol. The van der Waals surface area contributed by atoms with Crippen LogP contribution in [0.4, 0.5) is 11.4 Å². The minimum absolute atomic E-state index is 0.00227. The molecule has 0 saturated heterocycles. The number of unbranched alkanes of at least 4 members (excludes halogenated alkanes) is 2. The smallest absolute Gasteiger partial charge is 0.303 e. The van der Waals surface area contributed by atoms with Gasteiger partial charge in [0.1, 0.15) is 21.6 Å². The molecule has 6 N–H and O–H groups in total. The van der Waals surface area contributed by atoms with Crippen LogP contribution >= 0.6 is 0 Å². The highest BCUT2D eigenvalue weighted by molar-refractivity contribution is 7.87. The number of carboxylic acid groups (broad SMARTS) is 1. The number of rotatable bonds is 36. The first-order valence-corrected chi connectivity index (χ1v) is 36.0. The zero-order valence-corrected chi connectivity index (χ0v) is 52.5. The first-order valence-electron chi connectivity index (χ1n) is 27.0. The van der Waals surface area contributed by atoms with Gasteiger partial charge in [-0.05, 0) is 110 Å². The van der Waals surface area contributed by atoms with E-state index >= 15 is 0 Å². The molecular formula is C54H70N2O25S6. The fourth-order valence-corrected chi connectivity index (χ4v) is 14.6. The molecule has 0 aromatic heterocycles. The summed E-state index contributed by atoms with van der Waals surface area (Å²) in [5.74, 6) is -2.56. The van der Waals surface area contributed by atoms with Crippen LogP contribution in [0.25, 0.3) is 21.5 Å². The molecule has 2 heterocycles. The van der Waals surface area contributed by atoms with Crippen LogP contribution in [0.3, 0.4) is 0 Å². The molecule has 4 aromatic carbocycles. The van der Waals surface area contributed by atoms with Gasteiger partial charge in [-0.3, -0.25) is 27.6 Å². The molecule has 0 bridgehead atoms. The molecule has 482 valence electrons. The van der Waals surface area contributed by atoms with E-state index in [1.807, 2.05) is 4.90 Å². The van der Waals surface area contributed by atoms with E-state index in [-0.39, 0.29) is 117 Å². The van der Waals surface area contributed by atoms with Crippen molar-refractivity contribution in [3.05, 3.63) is 95.7 Å². The standard InChI is InChI=1S/C54H70N2O25S6/c1-53(19-10-32-82(59,60)61)48(56(22-11-33-83(62,63)64)44-17-15-40-42(51(44)53)34-38(84(65,66)67)36-46(40)86(71,72)73)12-6-4-7-13-49-54(2,20-23-78-26-27-80-30-31-81-29-28-79-25-24-77-3)52-43-35-39(85(68,69)70)37-47(87(74,75)76)41(43)16-18-45(52)55(49)21-9-5-8-14-50(57)58/h4,6-7,12-13,15-18,34-37H,5,8-11,14,19-33H2,1-3H3,(H6-,57,58,59,60,61,62,63,64,65,66,67,68,69,70,71,72,73,74,75,76). The molecule has 6 rings (SSSR count). The number of carbonyl (C=O) groups is 1. The summed E-state index contributed by atoms with van der Waals surface area (Å²) in [7, 11) is -28.6. The molecule has 0 fully saturated rings. The summed E-state index contributed by atoms with van der Waals surface area (Å²) in [6, 6.07) is 8.66. The summed E-state index contributed by atoms with van der Waals surface area (Å²) in [5, 5.41) is 8.83. The minimum Gasteiger partial charge on any atom is -0.744 e. The highest BCUT2D eigenvalue weighted by Gasteiger charge is 2.49. The van der Waals surface area contributed by atoms with Gasteiger partial charge in [0, 0.05) is 73.0 Å². The quantitative estimate of drug-likeness (QED) is 0.0142. The fraction of sp³-hybridized carbons (Fsp3) is 0.481. The van der Waals surface area contributed by atoms with Crippen LogP contribution in [-0.2, 0) is 100 Å². The number of benzene rings is 4. The highest BCUT2D eigenvalue weighted by atomic mass is 32.2. The van der Waals surface area contributed by atoms with E-state index in [0.29, 0.717) is 74.8 Å². The molecule has 0 spiro atoms. The topological polar surface area (TPSA) is 419 Å². The van der Waals surface area contributed by atoms with E-state index in [9.17, 15) is 87.7 Å². The maximum Gasteiger partial charge on any atom is 0.303 e. The molecule has 2 aliphatic rings. The van der Waals surface area contributed by atoms with Crippen molar-refractivity contribution >= 4 is 105 Å². The Morgan fingerprint density at radius 2 is 1.10 bits per heavy atom. The van der Waals surface area contributed by atoms with Gasteiger partial charge < -0.3 is 38.2 Å². The average Bonchev–Trinajstić information content (AvgIpc) is 1.61. The van der Waals surface area contributed by atoms with E-state index in [1.165, 1.54) is 30.4 Å². The van der Waals surface area contributed by atoms with Crippen LogP contribution in [0.2, 0.25) is 0 Å². The van der Waals surface area contributed by atoms with Crippen molar-refractivity contribution in [2.75, 3.05) is 96.1 Å². The number of anilines is 1. The summed E-state index contributed by atoms with van der Waals surface area (Å²) in [4.78, 5) is 9.67. The van der Waals surface area contributed by atoms with Gasteiger partial charge in [0.2, 0.25) is 5.69 Å². The number of allylic oxidation sites excluding steroid dienone is 6. The van der Waals surface area contributed by atoms with Gasteiger partial charge in [-0.25, -0.2) is 8.42 Å². The zero-order chi connectivity index (χ0) is 64.4. The molecule has 0 amide bonds. The lowest BCUT2D eigenvalue weighted by Gasteiger charge is -2.31. The number of methoxy groups -OCH3 is 1. The Morgan fingerprint density at radius 1 is 0.575 bits per heavy atom. The van der Waals surface area contributed by atoms with Crippen LogP contribution in [0.5, 0.6) is 0 Å². The molecule has 2 aliphatic heterocycles. The maximum atomic E-state index is 12.9. The number of nitrogens with zero attached hydrogens (tertiary/aromatic N) is 2. The molecule has 0 saturated carbocycles. The molecule has 27 nitrogen and oxygen atoms in total. The Balaban J connectivity index is 1.50. The first kappa shape index (κ1) is 70.9. The van der Waals surface area contributed by atoms with E-state index in [0.717, 1.165) is 12.1 Å². The lowest BCUT2D eigenvalue weighted by Crippen LogP contribution is -2.32. The van der Waals surface area contributed by atoms with Gasteiger partial charge in [0.05, 0.1) is 84.5 Å². The minimum atomic E-state index is -5.40. The lowest BCUT2D eigenvalue weighted by atomic mass is 9.74. The molecule has 0 aliphatic carbocycles. The van der Waals surface area contributed by atoms with Gasteiger partial charge in [0.15, 0.2) is 5.71 Å². The second kappa shape index (κ2) is 29.2. The third kappa shape index (κ3) is 18.5.